The monoisotopic (exact) mass is 339 g/mol. The zero-order valence-corrected chi connectivity index (χ0v) is 13.9. The van der Waals surface area contributed by atoms with Crippen molar-refractivity contribution in [2.24, 2.45) is 0 Å². The predicted octanol–water partition coefficient (Wildman–Crippen LogP) is 4.48. The van der Waals surface area contributed by atoms with Gasteiger partial charge in [0.25, 0.3) is 0 Å². The smallest absolute Gasteiger partial charge is 0.310 e. The number of anilines is 1. The highest BCUT2D eigenvalue weighted by atomic mass is 35.5. The van der Waals surface area contributed by atoms with Crippen molar-refractivity contribution in [1.29, 1.82) is 0 Å². The summed E-state index contributed by atoms with van der Waals surface area (Å²) in [7, 11) is 0. The van der Waals surface area contributed by atoms with E-state index >= 15 is 0 Å². The third kappa shape index (κ3) is 5.96. The van der Waals surface area contributed by atoms with Crippen LogP contribution in [0.15, 0.2) is 48.5 Å². The van der Waals surface area contributed by atoms with Crippen LogP contribution in [0.1, 0.15) is 18.1 Å². The van der Waals surface area contributed by atoms with Gasteiger partial charge in [-0.2, -0.15) is 0 Å². The summed E-state index contributed by atoms with van der Waals surface area (Å²) in [5.41, 5.74) is 3.12. The minimum atomic E-state index is -0.195. The number of carbonyl (C=O) groups is 1. The minimum absolute atomic E-state index is 0. The van der Waals surface area contributed by atoms with Crippen LogP contribution >= 0.6 is 24.0 Å². The molecule has 1 N–H and O–H groups in total. The van der Waals surface area contributed by atoms with Gasteiger partial charge in [0, 0.05) is 17.3 Å². The molecule has 0 radical (unpaired) electrons. The number of halogens is 2. The second-order valence-electron chi connectivity index (χ2n) is 4.66. The van der Waals surface area contributed by atoms with E-state index in [-0.39, 0.29) is 18.4 Å². The molecule has 22 heavy (non-hydrogen) atoms. The Morgan fingerprint density at radius 2 is 1.64 bits per heavy atom. The first kappa shape index (κ1) is 18.3. The number of hydrogen-bond acceptors (Lipinski definition) is 3. The minimum Gasteiger partial charge on any atom is -0.466 e. The van der Waals surface area contributed by atoms with Crippen LogP contribution in [-0.2, 0) is 22.5 Å². The average Bonchev–Trinajstić information content (AvgIpc) is 2.48. The van der Waals surface area contributed by atoms with E-state index < -0.39 is 0 Å². The standard InChI is InChI=1S/C17H18ClNO2.ClH/c1-2-21-17(20)11-13-5-9-16(10-6-13)19-12-14-3-7-15(18)8-4-14;/h3-10,19H,2,11-12H2,1H3;1H. The number of esters is 1. The maximum atomic E-state index is 11.4. The molecule has 118 valence electrons. The molecular formula is C17H19Cl2NO2. The lowest BCUT2D eigenvalue weighted by Crippen LogP contribution is -2.07. The molecule has 0 unspecified atom stereocenters. The Balaban J connectivity index is 0.00000242. The molecule has 0 aliphatic rings. The van der Waals surface area contributed by atoms with Gasteiger partial charge >= 0.3 is 5.97 Å². The first-order valence-corrected chi connectivity index (χ1v) is 7.28. The lowest BCUT2D eigenvalue weighted by molar-refractivity contribution is -0.142. The molecule has 2 aromatic rings. The Kier molecular flexibility index (Phi) is 7.78. The molecule has 5 heteroatoms. The highest BCUT2D eigenvalue weighted by Gasteiger charge is 2.03. The summed E-state index contributed by atoms with van der Waals surface area (Å²) in [6.07, 6.45) is 0.311. The summed E-state index contributed by atoms with van der Waals surface area (Å²) >= 11 is 5.85. The second-order valence-corrected chi connectivity index (χ2v) is 5.10. The van der Waals surface area contributed by atoms with E-state index in [9.17, 15) is 4.79 Å². The summed E-state index contributed by atoms with van der Waals surface area (Å²) in [5.74, 6) is -0.195. The van der Waals surface area contributed by atoms with E-state index in [1.165, 1.54) is 0 Å². The number of rotatable bonds is 6. The largest absolute Gasteiger partial charge is 0.466 e. The third-order valence-electron chi connectivity index (χ3n) is 3.02. The quantitative estimate of drug-likeness (QED) is 0.788. The number of nitrogens with one attached hydrogen (secondary N) is 1. The van der Waals surface area contributed by atoms with Gasteiger partial charge in [-0.05, 0) is 42.3 Å². The lowest BCUT2D eigenvalue weighted by atomic mass is 10.1. The topological polar surface area (TPSA) is 38.3 Å². The van der Waals surface area contributed by atoms with Crippen LogP contribution in [0, 0.1) is 0 Å². The van der Waals surface area contributed by atoms with Crippen LogP contribution in [0.2, 0.25) is 5.02 Å². The highest BCUT2D eigenvalue weighted by Crippen LogP contribution is 2.14. The van der Waals surface area contributed by atoms with Crippen LogP contribution in [0.5, 0.6) is 0 Å². The molecule has 0 saturated carbocycles. The Labute approximate surface area is 142 Å². The fourth-order valence-corrected chi connectivity index (χ4v) is 2.05. The van der Waals surface area contributed by atoms with Crippen LogP contribution in [0.25, 0.3) is 0 Å². The van der Waals surface area contributed by atoms with E-state index in [4.69, 9.17) is 16.3 Å². The van der Waals surface area contributed by atoms with Crippen molar-refractivity contribution >= 4 is 35.7 Å². The van der Waals surface area contributed by atoms with Gasteiger partial charge in [-0.25, -0.2) is 0 Å². The summed E-state index contributed by atoms with van der Waals surface area (Å²) in [4.78, 5) is 11.4. The molecule has 0 saturated heterocycles. The van der Waals surface area contributed by atoms with Gasteiger partial charge in [-0.3, -0.25) is 4.79 Å². The summed E-state index contributed by atoms with van der Waals surface area (Å²) in [6.45, 7) is 2.95. The first-order valence-electron chi connectivity index (χ1n) is 6.90. The van der Waals surface area contributed by atoms with Crippen LogP contribution < -0.4 is 5.32 Å². The zero-order chi connectivity index (χ0) is 15.1. The Morgan fingerprint density at radius 3 is 2.23 bits per heavy atom. The van der Waals surface area contributed by atoms with Gasteiger partial charge in [0.2, 0.25) is 0 Å². The van der Waals surface area contributed by atoms with Crippen molar-refractivity contribution < 1.29 is 9.53 Å². The molecule has 2 aromatic carbocycles. The van der Waals surface area contributed by atoms with E-state index in [0.29, 0.717) is 13.0 Å². The number of ether oxygens (including phenoxy) is 1. The van der Waals surface area contributed by atoms with Crippen molar-refractivity contribution in [1.82, 2.24) is 0 Å². The van der Waals surface area contributed by atoms with E-state index in [2.05, 4.69) is 5.32 Å². The molecule has 3 nitrogen and oxygen atoms in total. The maximum absolute atomic E-state index is 11.4. The molecule has 0 spiro atoms. The molecule has 0 heterocycles. The molecule has 2 rings (SSSR count). The van der Waals surface area contributed by atoms with Gasteiger partial charge in [0.15, 0.2) is 0 Å². The summed E-state index contributed by atoms with van der Waals surface area (Å²) in [6, 6.07) is 15.5. The van der Waals surface area contributed by atoms with Crippen molar-refractivity contribution in [3.63, 3.8) is 0 Å². The van der Waals surface area contributed by atoms with Gasteiger partial charge in [-0.15, -0.1) is 12.4 Å². The van der Waals surface area contributed by atoms with E-state index in [1.54, 1.807) is 0 Å². The SMILES string of the molecule is CCOC(=O)Cc1ccc(NCc2ccc(Cl)cc2)cc1.Cl. The molecular weight excluding hydrogens is 321 g/mol. The maximum Gasteiger partial charge on any atom is 0.310 e. The Bertz CT molecular complexity index is 583. The third-order valence-corrected chi connectivity index (χ3v) is 3.27. The van der Waals surface area contributed by atoms with E-state index in [0.717, 1.165) is 28.4 Å². The molecule has 0 aliphatic carbocycles. The zero-order valence-electron chi connectivity index (χ0n) is 12.3. The second kappa shape index (κ2) is 9.34. The van der Waals surface area contributed by atoms with Crippen LogP contribution in [0.3, 0.4) is 0 Å². The number of carbonyl (C=O) groups excluding carboxylic acids is 1. The van der Waals surface area contributed by atoms with E-state index in [1.807, 2.05) is 55.5 Å². The molecule has 0 amide bonds. The van der Waals surface area contributed by atoms with Crippen molar-refractivity contribution in [3.8, 4) is 0 Å². The van der Waals surface area contributed by atoms with Gasteiger partial charge in [0.05, 0.1) is 13.0 Å². The fourth-order valence-electron chi connectivity index (χ4n) is 1.93. The van der Waals surface area contributed by atoms with Gasteiger partial charge in [0.1, 0.15) is 0 Å². The van der Waals surface area contributed by atoms with Crippen LogP contribution in [-0.4, -0.2) is 12.6 Å². The summed E-state index contributed by atoms with van der Waals surface area (Å²) in [5, 5.41) is 4.06. The average molecular weight is 340 g/mol. The van der Waals surface area contributed by atoms with Gasteiger partial charge in [-0.1, -0.05) is 35.9 Å². The Morgan fingerprint density at radius 1 is 1.05 bits per heavy atom. The van der Waals surface area contributed by atoms with Crippen LogP contribution in [0.4, 0.5) is 5.69 Å². The fraction of sp³-hybridized carbons (Fsp3) is 0.235. The molecule has 0 fully saturated rings. The summed E-state index contributed by atoms with van der Waals surface area (Å²) < 4.78 is 4.93. The van der Waals surface area contributed by atoms with Gasteiger partial charge < -0.3 is 10.1 Å². The van der Waals surface area contributed by atoms with Crippen molar-refractivity contribution in [2.45, 2.75) is 19.9 Å². The normalized spacial score (nSPS) is 9.73. The highest BCUT2D eigenvalue weighted by molar-refractivity contribution is 6.30. The first-order chi connectivity index (χ1) is 10.2. The van der Waals surface area contributed by atoms with Crippen molar-refractivity contribution in [3.05, 3.63) is 64.7 Å². The number of benzene rings is 2. The predicted molar refractivity (Wildman–Crippen MR) is 92.8 cm³/mol. The molecule has 0 atom stereocenters. The Hall–Kier alpha value is -1.71. The number of hydrogen-bond donors (Lipinski definition) is 1. The molecule has 0 aliphatic heterocycles. The lowest BCUT2D eigenvalue weighted by Gasteiger charge is -2.08. The van der Waals surface area contributed by atoms with Crippen molar-refractivity contribution in [2.75, 3.05) is 11.9 Å². The molecule has 0 aromatic heterocycles. The molecule has 0 bridgehead atoms.